The number of benzene rings is 8. The van der Waals surface area contributed by atoms with Gasteiger partial charge in [0.05, 0.1) is 0 Å². The fraction of sp³-hybridized carbons (Fsp3) is 0.0208. The summed E-state index contributed by atoms with van der Waals surface area (Å²) in [6.07, 6.45) is 0. The van der Waals surface area contributed by atoms with Crippen molar-refractivity contribution in [1.82, 2.24) is 15.0 Å². The van der Waals surface area contributed by atoms with Crippen LogP contribution in [-0.2, 0) is 0 Å². The molecular weight excluding hydrogens is 633 g/mol. The topological polar surface area (TPSA) is 41.9 Å². The van der Waals surface area contributed by atoms with Crippen LogP contribution in [0.4, 0.5) is 11.4 Å². The number of anilines is 2. The minimum atomic E-state index is 0.620. The number of para-hydroxylation sites is 1. The van der Waals surface area contributed by atoms with Crippen molar-refractivity contribution in [2.24, 2.45) is 0 Å². The number of hydrogen-bond acceptors (Lipinski definition) is 4. The van der Waals surface area contributed by atoms with Gasteiger partial charge in [0, 0.05) is 33.8 Å². The molecule has 9 rings (SSSR count). The van der Waals surface area contributed by atoms with E-state index in [0.29, 0.717) is 17.5 Å². The smallest absolute Gasteiger partial charge is 0.164 e. The molecule has 246 valence electrons. The van der Waals surface area contributed by atoms with E-state index >= 15 is 0 Å². The second kappa shape index (κ2) is 13.1. The van der Waals surface area contributed by atoms with Crippen LogP contribution in [0.5, 0.6) is 0 Å². The van der Waals surface area contributed by atoms with E-state index in [2.05, 4.69) is 140 Å². The molecule has 0 spiro atoms. The van der Waals surface area contributed by atoms with Gasteiger partial charge in [-0.3, -0.25) is 0 Å². The zero-order valence-electron chi connectivity index (χ0n) is 28.7. The maximum absolute atomic E-state index is 5.15. The molecule has 4 nitrogen and oxygen atoms in total. The van der Waals surface area contributed by atoms with Gasteiger partial charge in [0.25, 0.3) is 0 Å². The molecule has 0 bridgehead atoms. The van der Waals surface area contributed by atoms with Crippen molar-refractivity contribution in [2.45, 2.75) is 6.92 Å². The molecule has 52 heavy (non-hydrogen) atoms. The SMILES string of the molecule is C=C(c1ccccc1)N(c1ccccc1)c1ccc(-c2nc(-c3ccccc3)nc(-c3ccc4c5ccccc5c5ccccc5c4c3)n2)cc1C. The highest BCUT2D eigenvalue weighted by Crippen LogP contribution is 2.39. The van der Waals surface area contributed by atoms with Crippen molar-refractivity contribution in [3.63, 3.8) is 0 Å². The Morgan fingerprint density at radius 3 is 1.44 bits per heavy atom. The summed E-state index contributed by atoms with van der Waals surface area (Å²) in [4.78, 5) is 17.5. The predicted molar refractivity (Wildman–Crippen MR) is 217 cm³/mol. The summed E-state index contributed by atoms with van der Waals surface area (Å²) in [5.41, 5.74) is 7.90. The summed E-state index contributed by atoms with van der Waals surface area (Å²) in [7, 11) is 0. The normalized spacial score (nSPS) is 11.2. The maximum Gasteiger partial charge on any atom is 0.164 e. The Hall–Kier alpha value is -6.91. The van der Waals surface area contributed by atoms with E-state index in [1.54, 1.807) is 0 Å². The maximum atomic E-state index is 5.15. The molecule has 1 heterocycles. The van der Waals surface area contributed by atoms with Gasteiger partial charge in [-0.05, 0) is 86.8 Å². The van der Waals surface area contributed by atoms with E-state index in [9.17, 15) is 0 Å². The van der Waals surface area contributed by atoms with E-state index in [-0.39, 0.29) is 0 Å². The lowest BCUT2D eigenvalue weighted by Crippen LogP contribution is -2.15. The molecule has 0 saturated heterocycles. The van der Waals surface area contributed by atoms with Crippen LogP contribution in [0, 0.1) is 6.92 Å². The Morgan fingerprint density at radius 1 is 0.423 bits per heavy atom. The van der Waals surface area contributed by atoms with Gasteiger partial charge in [0.2, 0.25) is 0 Å². The van der Waals surface area contributed by atoms with Crippen molar-refractivity contribution < 1.29 is 0 Å². The molecular formula is C48H34N4. The van der Waals surface area contributed by atoms with Gasteiger partial charge in [-0.15, -0.1) is 0 Å². The lowest BCUT2D eigenvalue weighted by molar-refractivity contribution is 1.07. The molecule has 4 heteroatoms. The van der Waals surface area contributed by atoms with E-state index in [0.717, 1.165) is 44.9 Å². The predicted octanol–water partition coefficient (Wildman–Crippen LogP) is 12.4. The highest BCUT2D eigenvalue weighted by Gasteiger charge is 2.19. The van der Waals surface area contributed by atoms with Crippen LogP contribution in [0.3, 0.4) is 0 Å². The molecule has 0 amide bonds. The zero-order chi connectivity index (χ0) is 35.0. The molecule has 9 aromatic rings. The number of aryl methyl sites for hydroxylation is 1. The Kier molecular flexibility index (Phi) is 7.83. The number of fused-ring (bicyclic) bond motifs is 6. The summed E-state index contributed by atoms with van der Waals surface area (Å²) in [6, 6.07) is 61.1. The first-order valence-electron chi connectivity index (χ1n) is 17.5. The van der Waals surface area contributed by atoms with Crippen molar-refractivity contribution in [3.8, 4) is 34.2 Å². The van der Waals surface area contributed by atoms with E-state index in [1.807, 2.05) is 54.6 Å². The second-order valence-corrected chi connectivity index (χ2v) is 13.0. The van der Waals surface area contributed by atoms with Crippen LogP contribution in [0.15, 0.2) is 183 Å². The molecule has 0 N–H and O–H groups in total. The monoisotopic (exact) mass is 666 g/mol. The highest BCUT2D eigenvalue weighted by atomic mass is 15.1. The number of aromatic nitrogens is 3. The lowest BCUT2D eigenvalue weighted by atomic mass is 9.93. The summed E-state index contributed by atoms with van der Waals surface area (Å²) >= 11 is 0. The van der Waals surface area contributed by atoms with Gasteiger partial charge in [-0.2, -0.15) is 0 Å². The minimum Gasteiger partial charge on any atom is -0.310 e. The van der Waals surface area contributed by atoms with Crippen molar-refractivity contribution in [2.75, 3.05) is 4.90 Å². The van der Waals surface area contributed by atoms with Gasteiger partial charge < -0.3 is 4.90 Å². The highest BCUT2D eigenvalue weighted by molar-refractivity contribution is 6.25. The van der Waals surface area contributed by atoms with Crippen LogP contribution in [0.2, 0.25) is 0 Å². The minimum absolute atomic E-state index is 0.620. The fourth-order valence-corrected chi connectivity index (χ4v) is 7.22. The molecule has 0 fully saturated rings. The van der Waals surface area contributed by atoms with E-state index in [1.165, 1.54) is 32.3 Å². The molecule has 0 saturated carbocycles. The quantitative estimate of drug-likeness (QED) is 0.159. The van der Waals surface area contributed by atoms with Crippen LogP contribution in [0.1, 0.15) is 11.1 Å². The molecule has 0 aliphatic rings. The Balaban J connectivity index is 1.20. The Morgan fingerprint density at radius 2 is 0.865 bits per heavy atom. The fourth-order valence-electron chi connectivity index (χ4n) is 7.22. The lowest BCUT2D eigenvalue weighted by Gasteiger charge is -2.29. The largest absolute Gasteiger partial charge is 0.310 e. The van der Waals surface area contributed by atoms with Crippen LogP contribution in [-0.4, -0.2) is 15.0 Å². The van der Waals surface area contributed by atoms with Gasteiger partial charge in [-0.25, -0.2) is 15.0 Å². The summed E-state index contributed by atoms with van der Waals surface area (Å²) in [6.45, 7) is 6.67. The third-order valence-corrected chi connectivity index (χ3v) is 9.76. The third kappa shape index (κ3) is 5.57. The van der Waals surface area contributed by atoms with Crippen molar-refractivity contribution in [3.05, 3.63) is 194 Å². The molecule has 1 aromatic heterocycles. The number of rotatable bonds is 7. The van der Waals surface area contributed by atoms with E-state index in [4.69, 9.17) is 15.0 Å². The number of nitrogens with zero attached hydrogens (tertiary/aromatic N) is 4. The van der Waals surface area contributed by atoms with Gasteiger partial charge in [-0.1, -0.05) is 146 Å². The zero-order valence-corrected chi connectivity index (χ0v) is 28.7. The first-order valence-corrected chi connectivity index (χ1v) is 17.5. The Labute approximate surface area is 303 Å². The second-order valence-electron chi connectivity index (χ2n) is 13.0. The van der Waals surface area contributed by atoms with E-state index < -0.39 is 0 Å². The summed E-state index contributed by atoms with van der Waals surface area (Å²) < 4.78 is 0. The third-order valence-electron chi connectivity index (χ3n) is 9.76. The van der Waals surface area contributed by atoms with Gasteiger partial charge in [0.15, 0.2) is 17.5 Å². The van der Waals surface area contributed by atoms with Crippen molar-refractivity contribution in [1.29, 1.82) is 0 Å². The average molecular weight is 667 g/mol. The first-order chi connectivity index (χ1) is 25.6. The van der Waals surface area contributed by atoms with Crippen LogP contribution >= 0.6 is 0 Å². The summed E-state index contributed by atoms with van der Waals surface area (Å²) in [5, 5.41) is 7.32. The first kappa shape index (κ1) is 31.1. The molecule has 0 radical (unpaired) electrons. The molecule has 0 aliphatic heterocycles. The van der Waals surface area contributed by atoms with Gasteiger partial charge >= 0.3 is 0 Å². The van der Waals surface area contributed by atoms with Crippen molar-refractivity contribution >= 4 is 49.4 Å². The standard InChI is InChI=1S/C48H34N4/c1-32-30-36(27-29-45(32)52(38-20-10-5-11-21-38)33(2)34-16-6-3-7-17-34)47-49-46(35-18-8-4-9-19-35)50-48(51-47)37-26-28-43-41-24-13-12-22-39(41)40-23-14-15-25-42(40)44(43)31-37/h3-31H,2H2,1H3. The Bertz CT molecular complexity index is 2720. The number of hydrogen-bond donors (Lipinski definition) is 0. The molecule has 8 aromatic carbocycles. The van der Waals surface area contributed by atoms with Crippen LogP contribution < -0.4 is 4.90 Å². The average Bonchev–Trinajstić information content (AvgIpc) is 3.22. The molecule has 0 unspecified atom stereocenters. The molecule has 0 atom stereocenters. The molecule has 0 aliphatic carbocycles. The summed E-state index contributed by atoms with van der Waals surface area (Å²) in [5.74, 6) is 1.89. The van der Waals surface area contributed by atoms with Gasteiger partial charge in [0.1, 0.15) is 0 Å². The van der Waals surface area contributed by atoms with Crippen LogP contribution in [0.25, 0.3) is 72.2 Å².